The fourth-order valence-corrected chi connectivity index (χ4v) is 2.15. The van der Waals surface area contributed by atoms with Crippen molar-refractivity contribution in [2.75, 3.05) is 6.54 Å². The second-order valence-electron chi connectivity index (χ2n) is 4.05. The zero-order valence-corrected chi connectivity index (χ0v) is 7.36. The minimum absolute atomic E-state index is 0.111. The number of nitrogens with zero attached hydrogens (tertiary/aromatic N) is 1. The van der Waals surface area contributed by atoms with Crippen molar-refractivity contribution < 1.29 is 9.90 Å². The van der Waals surface area contributed by atoms with Crippen LogP contribution in [0.1, 0.15) is 26.2 Å². The van der Waals surface area contributed by atoms with Gasteiger partial charge in [0, 0.05) is 18.6 Å². The van der Waals surface area contributed by atoms with Crippen LogP contribution in [0, 0.1) is 5.92 Å². The zero-order valence-electron chi connectivity index (χ0n) is 7.36. The lowest BCUT2D eigenvalue weighted by Gasteiger charge is -2.19. The molecule has 0 bridgehead atoms. The van der Waals surface area contributed by atoms with Crippen molar-refractivity contribution >= 4 is 5.97 Å². The van der Waals surface area contributed by atoms with Gasteiger partial charge in [0.15, 0.2) is 0 Å². The Bertz CT molecular complexity index is 201. The maximum atomic E-state index is 10.7. The van der Waals surface area contributed by atoms with E-state index in [0.717, 1.165) is 13.0 Å². The summed E-state index contributed by atoms with van der Waals surface area (Å²) in [6.45, 7) is 2.92. The largest absolute Gasteiger partial charge is 0.481 e. The van der Waals surface area contributed by atoms with Crippen LogP contribution >= 0.6 is 0 Å². The van der Waals surface area contributed by atoms with Crippen LogP contribution in [-0.4, -0.2) is 34.6 Å². The average Bonchev–Trinajstić information content (AvgIpc) is 2.75. The summed E-state index contributed by atoms with van der Waals surface area (Å²) in [6, 6.07) is 1.20. The van der Waals surface area contributed by atoms with Crippen molar-refractivity contribution in [3.63, 3.8) is 0 Å². The molecule has 68 valence electrons. The Kier molecular flexibility index (Phi) is 1.83. The van der Waals surface area contributed by atoms with E-state index in [1.54, 1.807) is 0 Å². The van der Waals surface area contributed by atoms with Gasteiger partial charge in [0.2, 0.25) is 0 Å². The maximum absolute atomic E-state index is 10.7. The van der Waals surface area contributed by atoms with Gasteiger partial charge in [-0.15, -0.1) is 0 Å². The van der Waals surface area contributed by atoms with E-state index in [2.05, 4.69) is 11.8 Å². The fraction of sp³-hybridized carbons (Fsp3) is 0.889. The van der Waals surface area contributed by atoms with Crippen molar-refractivity contribution in [2.24, 2.45) is 5.92 Å². The second-order valence-corrected chi connectivity index (χ2v) is 4.05. The van der Waals surface area contributed by atoms with Crippen LogP contribution in [0.4, 0.5) is 0 Å². The van der Waals surface area contributed by atoms with Crippen LogP contribution in [0.25, 0.3) is 0 Å². The molecule has 1 aliphatic heterocycles. The summed E-state index contributed by atoms with van der Waals surface area (Å²) in [4.78, 5) is 13.1. The average molecular weight is 169 g/mol. The molecule has 3 heteroatoms. The molecule has 12 heavy (non-hydrogen) atoms. The van der Waals surface area contributed by atoms with E-state index in [9.17, 15) is 4.79 Å². The van der Waals surface area contributed by atoms with Crippen molar-refractivity contribution in [3.8, 4) is 0 Å². The lowest BCUT2D eigenvalue weighted by Crippen LogP contribution is -2.29. The summed E-state index contributed by atoms with van der Waals surface area (Å²) in [5.41, 5.74) is 0. The van der Waals surface area contributed by atoms with Crippen LogP contribution in [0.2, 0.25) is 0 Å². The Labute approximate surface area is 72.4 Å². The van der Waals surface area contributed by atoms with Crippen molar-refractivity contribution in [1.82, 2.24) is 4.90 Å². The van der Waals surface area contributed by atoms with E-state index in [1.807, 2.05) is 0 Å². The van der Waals surface area contributed by atoms with Crippen molar-refractivity contribution in [2.45, 2.75) is 38.3 Å². The Balaban J connectivity index is 1.96. The highest BCUT2D eigenvalue weighted by Crippen LogP contribution is 2.35. The number of rotatable bonds is 2. The van der Waals surface area contributed by atoms with Crippen molar-refractivity contribution in [3.05, 3.63) is 0 Å². The van der Waals surface area contributed by atoms with Gasteiger partial charge in [0.1, 0.15) is 0 Å². The molecule has 1 aliphatic carbocycles. The van der Waals surface area contributed by atoms with Crippen LogP contribution in [0.5, 0.6) is 0 Å². The molecule has 1 saturated carbocycles. The fourth-order valence-electron chi connectivity index (χ4n) is 2.15. The highest BCUT2D eigenvalue weighted by molar-refractivity contribution is 5.70. The lowest BCUT2D eigenvalue weighted by atomic mass is 10.1. The predicted molar refractivity (Wildman–Crippen MR) is 44.9 cm³/mol. The van der Waals surface area contributed by atoms with Gasteiger partial charge in [-0.05, 0) is 26.2 Å². The van der Waals surface area contributed by atoms with Crippen LogP contribution in [-0.2, 0) is 4.79 Å². The molecule has 1 N–H and O–H groups in total. The highest BCUT2D eigenvalue weighted by atomic mass is 16.4. The van der Waals surface area contributed by atoms with E-state index in [-0.39, 0.29) is 5.92 Å². The zero-order chi connectivity index (χ0) is 8.72. The first-order valence-corrected chi connectivity index (χ1v) is 4.67. The number of carbonyl (C=O) groups is 1. The summed E-state index contributed by atoms with van der Waals surface area (Å²) < 4.78 is 0. The number of hydrogen-bond donors (Lipinski definition) is 1. The van der Waals surface area contributed by atoms with Crippen LogP contribution in [0.15, 0.2) is 0 Å². The topological polar surface area (TPSA) is 40.5 Å². The third kappa shape index (κ3) is 1.33. The molecule has 0 aromatic heterocycles. The Hall–Kier alpha value is -0.570. The summed E-state index contributed by atoms with van der Waals surface area (Å²) in [5, 5.41) is 8.82. The second kappa shape index (κ2) is 2.73. The summed E-state index contributed by atoms with van der Waals surface area (Å²) in [6.07, 6.45) is 3.39. The molecule has 2 fully saturated rings. The first-order chi connectivity index (χ1) is 5.68. The van der Waals surface area contributed by atoms with E-state index >= 15 is 0 Å². The third-order valence-corrected chi connectivity index (χ3v) is 2.99. The molecule has 2 atom stereocenters. The third-order valence-electron chi connectivity index (χ3n) is 2.99. The standard InChI is InChI=1S/C9H15NO2/c1-6-4-7(9(11)12)5-10(6)8-2-3-8/h6-8H,2-5H2,1H3,(H,11,12). The van der Waals surface area contributed by atoms with Gasteiger partial charge in [-0.25, -0.2) is 0 Å². The van der Waals surface area contributed by atoms with Gasteiger partial charge >= 0.3 is 5.97 Å². The van der Waals surface area contributed by atoms with Crippen molar-refractivity contribution in [1.29, 1.82) is 0 Å². The molecular formula is C9H15NO2. The smallest absolute Gasteiger partial charge is 0.307 e. The maximum Gasteiger partial charge on any atom is 0.307 e. The molecule has 1 heterocycles. The molecule has 2 rings (SSSR count). The monoisotopic (exact) mass is 169 g/mol. The Morgan fingerprint density at radius 2 is 2.17 bits per heavy atom. The van der Waals surface area contributed by atoms with Gasteiger partial charge in [-0.2, -0.15) is 0 Å². The molecule has 3 nitrogen and oxygen atoms in total. The van der Waals surface area contributed by atoms with Gasteiger partial charge in [0.05, 0.1) is 5.92 Å². The minimum Gasteiger partial charge on any atom is -0.481 e. The summed E-state index contributed by atoms with van der Waals surface area (Å²) in [7, 11) is 0. The number of hydrogen-bond acceptors (Lipinski definition) is 2. The summed E-state index contributed by atoms with van der Waals surface area (Å²) >= 11 is 0. The normalized spacial score (nSPS) is 37.1. The predicted octanol–water partition coefficient (Wildman–Crippen LogP) is 0.944. The van der Waals surface area contributed by atoms with E-state index < -0.39 is 5.97 Å². The first-order valence-electron chi connectivity index (χ1n) is 4.67. The number of aliphatic carboxylic acids is 1. The van der Waals surface area contributed by atoms with Gasteiger partial charge in [-0.3, -0.25) is 9.69 Å². The van der Waals surface area contributed by atoms with Crippen LogP contribution < -0.4 is 0 Å². The molecule has 0 aromatic carbocycles. The number of carboxylic acids is 1. The van der Waals surface area contributed by atoms with E-state index in [4.69, 9.17) is 5.11 Å². The van der Waals surface area contributed by atoms with Gasteiger partial charge in [-0.1, -0.05) is 0 Å². The molecule has 1 saturated heterocycles. The lowest BCUT2D eigenvalue weighted by molar-refractivity contribution is -0.141. The quantitative estimate of drug-likeness (QED) is 0.669. The first kappa shape index (κ1) is 8.05. The number of carboxylic acid groups (broad SMARTS) is 1. The molecule has 0 spiro atoms. The highest BCUT2D eigenvalue weighted by Gasteiger charge is 2.40. The molecular weight excluding hydrogens is 154 g/mol. The minimum atomic E-state index is -0.620. The Morgan fingerprint density at radius 1 is 1.50 bits per heavy atom. The molecule has 0 radical (unpaired) electrons. The molecule has 0 aromatic rings. The number of likely N-dealkylation sites (tertiary alicyclic amines) is 1. The molecule has 2 aliphatic rings. The van der Waals surface area contributed by atoms with E-state index in [0.29, 0.717) is 12.1 Å². The Morgan fingerprint density at radius 3 is 2.58 bits per heavy atom. The molecule has 2 unspecified atom stereocenters. The molecule has 0 amide bonds. The van der Waals surface area contributed by atoms with Crippen LogP contribution in [0.3, 0.4) is 0 Å². The SMILES string of the molecule is CC1CC(C(=O)O)CN1C1CC1. The van der Waals surface area contributed by atoms with E-state index in [1.165, 1.54) is 12.8 Å². The summed E-state index contributed by atoms with van der Waals surface area (Å²) in [5.74, 6) is -0.731. The van der Waals surface area contributed by atoms with Gasteiger partial charge in [0.25, 0.3) is 0 Å². The van der Waals surface area contributed by atoms with Gasteiger partial charge < -0.3 is 5.11 Å².